The molecule has 0 aliphatic heterocycles. The Kier molecular flexibility index (Phi) is 11.3. The van der Waals surface area contributed by atoms with Crippen LogP contribution >= 0.6 is 35.0 Å². The van der Waals surface area contributed by atoms with E-state index in [2.05, 4.69) is 24.4 Å². The average Bonchev–Trinajstić information content (AvgIpc) is 2.77. The lowest BCUT2D eigenvalue weighted by Gasteiger charge is -2.29. The van der Waals surface area contributed by atoms with E-state index in [9.17, 15) is 9.59 Å². The Balaban J connectivity index is 2.01. The number of amides is 2. The van der Waals surface area contributed by atoms with Gasteiger partial charge in [-0.1, -0.05) is 72.9 Å². The van der Waals surface area contributed by atoms with E-state index < -0.39 is 6.04 Å². The van der Waals surface area contributed by atoms with Gasteiger partial charge in [-0.2, -0.15) is 11.8 Å². The van der Waals surface area contributed by atoms with Gasteiger partial charge in [-0.15, -0.1) is 0 Å². The van der Waals surface area contributed by atoms with Crippen LogP contribution in [0, 0.1) is 0 Å². The molecule has 2 amide bonds. The molecule has 0 aliphatic carbocycles. The largest absolute Gasteiger partial charge is 0.354 e. The summed E-state index contributed by atoms with van der Waals surface area (Å²) in [5, 5.41) is 3.83. The summed E-state index contributed by atoms with van der Waals surface area (Å²) in [4.78, 5) is 27.3. The minimum absolute atomic E-state index is 0.0511. The van der Waals surface area contributed by atoms with Crippen molar-refractivity contribution >= 4 is 46.8 Å². The number of unbranched alkanes of at least 4 members (excludes halogenated alkanes) is 1. The molecule has 0 heterocycles. The summed E-state index contributed by atoms with van der Waals surface area (Å²) < 4.78 is 0. The monoisotopic (exact) mass is 480 g/mol. The Hall–Kier alpha value is -1.69. The normalized spacial score (nSPS) is 11.7. The lowest BCUT2D eigenvalue weighted by molar-refractivity contribution is -0.140. The average molecular weight is 481 g/mol. The highest BCUT2D eigenvalue weighted by molar-refractivity contribution is 7.98. The fourth-order valence-corrected chi connectivity index (χ4v) is 4.23. The predicted octanol–water partition coefficient (Wildman–Crippen LogP) is 5.95. The van der Waals surface area contributed by atoms with E-state index in [1.54, 1.807) is 35.7 Å². The fraction of sp³-hybridized carbons (Fsp3) is 0.417. The van der Waals surface area contributed by atoms with Crippen LogP contribution in [-0.2, 0) is 21.9 Å². The maximum atomic E-state index is 13.1. The molecule has 2 rings (SSSR count). The third kappa shape index (κ3) is 8.76. The van der Waals surface area contributed by atoms with Gasteiger partial charge < -0.3 is 10.2 Å². The molecule has 2 aromatic rings. The van der Waals surface area contributed by atoms with Gasteiger partial charge in [-0.05, 0) is 36.6 Å². The van der Waals surface area contributed by atoms with Crippen LogP contribution in [0.1, 0.15) is 44.2 Å². The topological polar surface area (TPSA) is 49.4 Å². The Bertz CT molecular complexity index is 849. The number of nitrogens with zero attached hydrogens (tertiary/aromatic N) is 1. The highest BCUT2D eigenvalue weighted by Crippen LogP contribution is 2.24. The molecule has 0 unspecified atom stereocenters. The van der Waals surface area contributed by atoms with E-state index in [4.69, 9.17) is 23.2 Å². The van der Waals surface area contributed by atoms with Crippen molar-refractivity contribution in [1.29, 1.82) is 0 Å². The summed E-state index contributed by atoms with van der Waals surface area (Å²) in [7, 11) is 0. The third-order valence-corrected chi connectivity index (χ3v) is 6.67. The first-order valence-electron chi connectivity index (χ1n) is 10.5. The molecule has 0 saturated carbocycles. The standard InChI is InChI=1S/C24H30Cl2N2O2S/c1-3-4-13-27-24(30)18(2)28(16-20-10-11-21(25)22(26)15-20)23(29)12-14-31-17-19-8-6-5-7-9-19/h5-11,15,18H,3-4,12-14,16-17H2,1-2H3,(H,27,30)/t18-/m0/s1. The second-order valence-electron chi connectivity index (χ2n) is 7.38. The van der Waals surface area contributed by atoms with Crippen LogP contribution in [0.5, 0.6) is 0 Å². The number of benzene rings is 2. The van der Waals surface area contributed by atoms with Crippen LogP contribution in [0.2, 0.25) is 10.0 Å². The first-order chi connectivity index (χ1) is 14.9. The van der Waals surface area contributed by atoms with Gasteiger partial charge in [0.25, 0.3) is 0 Å². The molecule has 2 aromatic carbocycles. The van der Waals surface area contributed by atoms with E-state index in [0.29, 0.717) is 35.3 Å². The number of thioether (sulfide) groups is 1. The second-order valence-corrected chi connectivity index (χ2v) is 9.30. The summed E-state index contributed by atoms with van der Waals surface area (Å²) in [5.74, 6) is 1.35. The smallest absolute Gasteiger partial charge is 0.242 e. The molecule has 168 valence electrons. The summed E-state index contributed by atoms with van der Waals surface area (Å²) in [5.41, 5.74) is 2.07. The zero-order valence-corrected chi connectivity index (χ0v) is 20.4. The van der Waals surface area contributed by atoms with Gasteiger partial charge in [-0.3, -0.25) is 9.59 Å². The zero-order chi connectivity index (χ0) is 22.6. The van der Waals surface area contributed by atoms with Crippen LogP contribution in [-0.4, -0.2) is 35.1 Å². The maximum Gasteiger partial charge on any atom is 0.242 e. The number of hydrogen-bond donors (Lipinski definition) is 1. The van der Waals surface area contributed by atoms with Crippen molar-refractivity contribution in [3.63, 3.8) is 0 Å². The first kappa shape index (κ1) is 25.6. The molecule has 0 radical (unpaired) electrons. The summed E-state index contributed by atoms with van der Waals surface area (Å²) in [6, 6.07) is 14.9. The molecular formula is C24H30Cl2N2O2S. The number of hydrogen-bond acceptors (Lipinski definition) is 3. The van der Waals surface area contributed by atoms with Crippen molar-refractivity contribution in [3.05, 3.63) is 69.7 Å². The number of halogens is 2. The SMILES string of the molecule is CCCCNC(=O)[C@H](C)N(Cc1ccc(Cl)c(Cl)c1)C(=O)CCSCc1ccccc1. The van der Waals surface area contributed by atoms with Gasteiger partial charge in [-0.25, -0.2) is 0 Å². The maximum absolute atomic E-state index is 13.1. The summed E-state index contributed by atoms with van der Waals surface area (Å²) in [6.45, 7) is 4.76. The van der Waals surface area contributed by atoms with Gasteiger partial charge in [0.1, 0.15) is 6.04 Å². The van der Waals surface area contributed by atoms with Crippen LogP contribution in [0.4, 0.5) is 0 Å². The minimum Gasteiger partial charge on any atom is -0.354 e. The van der Waals surface area contributed by atoms with Gasteiger partial charge in [0.05, 0.1) is 10.0 Å². The molecule has 31 heavy (non-hydrogen) atoms. The molecule has 0 fully saturated rings. The van der Waals surface area contributed by atoms with Crippen molar-refractivity contribution in [3.8, 4) is 0 Å². The van der Waals surface area contributed by atoms with E-state index >= 15 is 0 Å². The van der Waals surface area contributed by atoms with Crippen LogP contribution in [0.25, 0.3) is 0 Å². The molecule has 1 N–H and O–H groups in total. The Morgan fingerprint density at radius 1 is 1.06 bits per heavy atom. The van der Waals surface area contributed by atoms with Crippen molar-refractivity contribution in [2.45, 2.75) is 51.4 Å². The number of rotatable bonds is 12. The molecular weight excluding hydrogens is 451 g/mol. The van der Waals surface area contributed by atoms with Gasteiger partial charge in [0, 0.05) is 31.0 Å². The third-order valence-electron chi connectivity index (χ3n) is 4.91. The highest BCUT2D eigenvalue weighted by Gasteiger charge is 2.25. The minimum atomic E-state index is -0.571. The Labute approximate surface area is 199 Å². The van der Waals surface area contributed by atoms with E-state index in [0.717, 1.165) is 24.2 Å². The van der Waals surface area contributed by atoms with E-state index in [1.807, 2.05) is 24.3 Å². The lowest BCUT2D eigenvalue weighted by Crippen LogP contribution is -2.47. The van der Waals surface area contributed by atoms with Crippen LogP contribution in [0.15, 0.2) is 48.5 Å². The summed E-state index contributed by atoms with van der Waals surface area (Å²) in [6.07, 6.45) is 2.28. The predicted molar refractivity (Wildman–Crippen MR) is 132 cm³/mol. The zero-order valence-electron chi connectivity index (χ0n) is 18.1. The van der Waals surface area contributed by atoms with Crippen LogP contribution < -0.4 is 5.32 Å². The van der Waals surface area contributed by atoms with Crippen molar-refractivity contribution in [1.82, 2.24) is 10.2 Å². The number of carbonyl (C=O) groups excluding carboxylic acids is 2. The Morgan fingerprint density at radius 3 is 2.48 bits per heavy atom. The molecule has 0 saturated heterocycles. The van der Waals surface area contributed by atoms with Gasteiger partial charge >= 0.3 is 0 Å². The molecule has 0 spiro atoms. The molecule has 7 heteroatoms. The highest BCUT2D eigenvalue weighted by atomic mass is 35.5. The quantitative estimate of drug-likeness (QED) is 0.381. The first-order valence-corrected chi connectivity index (χ1v) is 12.5. The molecule has 0 aliphatic rings. The summed E-state index contributed by atoms with van der Waals surface area (Å²) >= 11 is 13.9. The van der Waals surface area contributed by atoms with Crippen molar-refractivity contribution < 1.29 is 9.59 Å². The molecule has 1 atom stereocenters. The molecule has 0 aromatic heterocycles. The van der Waals surface area contributed by atoms with Gasteiger partial charge in [0.15, 0.2) is 0 Å². The van der Waals surface area contributed by atoms with Crippen molar-refractivity contribution in [2.75, 3.05) is 12.3 Å². The Morgan fingerprint density at radius 2 is 1.81 bits per heavy atom. The van der Waals surface area contributed by atoms with Crippen molar-refractivity contribution in [2.24, 2.45) is 0 Å². The second kappa shape index (κ2) is 13.7. The number of nitrogens with one attached hydrogen (secondary N) is 1. The van der Waals surface area contributed by atoms with E-state index in [-0.39, 0.29) is 11.8 Å². The van der Waals surface area contributed by atoms with E-state index in [1.165, 1.54) is 5.56 Å². The van der Waals surface area contributed by atoms with Crippen LogP contribution in [0.3, 0.4) is 0 Å². The van der Waals surface area contributed by atoms with Gasteiger partial charge in [0.2, 0.25) is 11.8 Å². The lowest BCUT2D eigenvalue weighted by atomic mass is 10.1. The molecule has 4 nitrogen and oxygen atoms in total. The fourth-order valence-electron chi connectivity index (χ4n) is 3.02. The molecule has 0 bridgehead atoms. The number of carbonyl (C=O) groups is 2.